The molecule has 1 fully saturated rings. The summed E-state index contributed by atoms with van der Waals surface area (Å²) in [7, 11) is 1.45. The summed E-state index contributed by atoms with van der Waals surface area (Å²) in [5, 5.41) is 14.9. The van der Waals surface area contributed by atoms with Crippen molar-refractivity contribution in [3.05, 3.63) is 28.4 Å². The van der Waals surface area contributed by atoms with Crippen LogP contribution in [0.4, 0.5) is 17.5 Å². The zero-order valence-corrected chi connectivity index (χ0v) is 14.5. The van der Waals surface area contributed by atoms with Crippen LogP contribution < -0.4 is 15.8 Å². The summed E-state index contributed by atoms with van der Waals surface area (Å²) in [5.74, 6) is 2.35. The average molecular weight is 362 g/mol. The molecule has 0 radical (unpaired) electrons. The number of thioether (sulfide) groups is 1. The minimum atomic E-state index is -0.499. The van der Waals surface area contributed by atoms with E-state index in [1.165, 1.54) is 13.3 Å². The zero-order valence-electron chi connectivity index (χ0n) is 13.6. The van der Waals surface area contributed by atoms with Gasteiger partial charge in [0.2, 0.25) is 17.6 Å². The van der Waals surface area contributed by atoms with Crippen molar-refractivity contribution in [2.45, 2.75) is 18.9 Å². The van der Waals surface area contributed by atoms with Crippen LogP contribution in [0.1, 0.15) is 12.8 Å². The summed E-state index contributed by atoms with van der Waals surface area (Å²) in [6.45, 7) is 0. The van der Waals surface area contributed by atoms with E-state index in [9.17, 15) is 10.1 Å². The van der Waals surface area contributed by atoms with Crippen molar-refractivity contribution < 1.29 is 9.66 Å². The molecule has 25 heavy (non-hydrogen) atoms. The smallest absolute Gasteiger partial charge is 0.337 e. The number of nitrogen functional groups attached to an aromatic ring is 1. The second-order valence-electron chi connectivity index (χ2n) is 5.48. The number of hydrogen-bond acceptors (Lipinski definition) is 9. The molecule has 10 heteroatoms. The molecule has 132 valence electrons. The summed E-state index contributed by atoms with van der Waals surface area (Å²) in [4.78, 5) is 23.5. The highest BCUT2D eigenvalue weighted by atomic mass is 32.2. The van der Waals surface area contributed by atoms with Crippen molar-refractivity contribution in [1.82, 2.24) is 15.0 Å². The molecule has 0 aliphatic carbocycles. The van der Waals surface area contributed by atoms with Crippen LogP contribution in [-0.4, -0.2) is 44.5 Å². The van der Waals surface area contributed by atoms with Gasteiger partial charge in [0.1, 0.15) is 0 Å². The van der Waals surface area contributed by atoms with Gasteiger partial charge in [-0.05, 0) is 36.5 Å². The van der Waals surface area contributed by atoms with Crippen LogP contribution in [-0.2, 0) is 0 Å². The van der Waals surface area contributed by atoms with Crippen molar-refractivity contribution in [3.8, 4) is 17.1 Å². The number of nitrogens with two attached hydrogens (primary N) is 1. The Morgan fingerprint density at radius 2 is 2.16 bits per heavy atom. The number of aromatic nitrogens is 3. The van der Waals surface area contributed by atoms with Crippen LogP contribution in [0, 0.1) is 10.1 Å². The van der Waals surface area contributed by atoms with Crippen molar-refractivity contribution in [3.63, 3.8) is 0 Å². The van der Waals surface area contributed by atoms with E-state index in [0.29, 0.717) is 5.56 Å². The molecule has 2 aromatic rings. The normalized spacial score (nSPS) is 14.9. The second-order valence-corrected chi connectivity index (χ2v) is 6.70. The number of nitrogens with one attached hydrogen (secondary N) is 1. The summed E-state index contributed by atoms with van der Waals surface area (Å²) < 4.78 is 5.21. The lowest BCUT2D eigenvalue weighted by Crippen LogP contribution is -2.26. The van der Waals surface area contributed by atoms with E-state index in [0.717, 1.165) is 24.3 Å². The van der Waals surface area contributed by atoms with E-state index < -0.39 is 4.92 Å². The summed E-state index contributed by atoms with van der Waals surface area (Å²) in [5.41, 5.74) is 6.08. The fourth-order valence-corrected chi connectivity index (χ4v) is 3.81. The molecular weight excluding hydrogens is 344 g/mol. The third-order valence-corrected chi connectivity index (χ3v) is 4.91. The molecule has 0 aromatic carbocycles. The molecule has 3 rings (SSSR count). The minimum Gasteiger partial charge on any atom is -0.481 e. The Labute approximate surface area is 148 Å². The van der Waals surface area contributed by atoms with Crippen LogP contribution in [0.25, 0.3) is 11.3 Å². The maximum absolute atomic E-state index is 11.7. The number of methoxy groups -OCH3 is 1. The van der Waals surface area contributed by atoms with Gasteiger partial charge in [0.05, 0.1) is 17.6 Å². The molecule has 0 saturated carbocycles. The van der Waals surface area contributed by atoms with Crippen molar-refractivity contribution >= 4 is 29.2 Å². The highest BCUT2D eigenvalue weighted by Crippen LogP contribution is 2.38. The molecule has 0 bridgehead atoms. The maximum Gasteiger partial charge on any atom is 0.337 e. The van der Waals surface area contributed by atoms with Crippen molar-refractivity contribution in [2.24, 2.45) is 0 Å². The van der Waals surface area contributed by atoms with E-state index in [2.05, 4.69) is 20.3 Å². The molecule has 0 spiro atoms. The van der Waals surface area contributed by atoms with Gasteiger partial charge in [-0.2, -0.15) is 16.7 Å². The summed E-state index contributed by atoms with van der Waals surface area (Å²) in [6.07, 6.45) is 3.37. The van der Waals surface area contributed by atoms with Crippen LogP contribution in [0.15, 0.2) is 18.3 Å². The van der Waals surface area contributed by atoms with Crippen LogP contribution in [0.2, 0.25) is 0 Å². The second kappa shape index (κ2) is 7.51. The SMILES string of the molecule is COc1ncccc1-c1nc(N)nc(NC2CCSCC2)c1[N+](=O)[O-]. The van der Waals surface area contributed by atoms with E-state index in [4.69, 9.17) is 10.5 Å². The Morgan fingerprint density at radius 3 is 2.84 bits per heavy atom. The topological polar surface area (TPSA) is 129 Å². The Kier molecular flexibility index (Phi) is 5.17. The summed E-state index contributed by atoms with van der Waals surface area (Å²) in [6, 6.07) is 3.44. The Bertz CT molecular complexity index is 782. The zero-order chi connectivity index (χ0) is 17.8. The molecule has 0 amide bonds. The molecule has 1 aliphatic rings. The Morgan fingerprint density at radius 1 is 1.40 bits per heavy atom. The number of rotatable bonds is 5. The van der Waals surface area contributed by atoms with Gasteiger partial charge < -0.3 is 15.8 Å². The standard InChI is InChI=1S/C15H18N6O3S/c1-24-14-10(3-2-6-17-14)11-12(21(22)23)13(20-15(16)19-11)18-9-4-7-25-8-5-9/h2-3,6,9H,4-5,7-8H2,1H3,(H3,16,18,19,20). The van der Waals surface area contributed by atoms with Gasteiger partial charge in [0.15, 0.2) is 5.69 Å². The quantitative estimate of drug-likeness (QED) is 0.608. The number of nitro groups is 1. The van der Waals surface area contributed by atoms with E-state index >= 15 is 0 Å². The van der Waals surface area contributed by atoms with Gasteiger partial charge in [0.25, 0.3) is 0 Å². The molecule has 0 atom stereocenters. The number of pyridine rings is 1. The highest BCUT2D eigenvalue weighted by molar-refractivity contribution is 7.99. The third kappa shape index (κ3) is 3.73. The van der Waals surface area contributed by atoms with Gasteiger partial charge in [0, 0.05) is 12.2 Å². The lowest BCUT2D eigenvalue weighted by Gasteiger charge is -2.23. The fourth-order valence-electron chi connectivity index (χ4n) is 2.70. The van der Waals surface area contributed by atoms with Crippen LogP contribution in [0.5, 0.6) is 5.88 Å². The lowest BCUT2D eigenvalue weighted by molar-refractivity contribution is -0.383. The number of ether oxygens (including phenoxy) is 1. The minimum absolute atomic E-state index is 0.0424. The van der Waals surface area contributed by atoms with Gasteiger partial charge in [-0.15, -0.1) is 0 Å². The number of nitrogens with zero attached hydrogens (tertiary/aromatic N) is 4. The first-order valence-corrected chi connectivity index (χ1v) is 8.91. The fraction of sp³-hybridized carbons (Fsp3) is 0.400. The molecule has 9 nitrogen and oxygen atoms in total. The molecule has 2 aromatic heterocycles. The first kappa shape index (κ1) is 17.2. The average Bonchev–Trinajstić information content (AvgIpc) is 2.61. The van der Waals surface area contributed by atoms with E-state index in [-0.39, 0.29) is 35.1 Å². The lowest BCUT2D eigenvalue weighted by atomic mass is 10.1. The number of hydrogen-bond donors (Lipinski definition) is 2. The summed E-state index contributed by atoms with van der Waals surface area (Å²) >= 11 is 1.87. The maximum atomic E-state index is 11.7. The van der Waals surface area contributed by atoms with Gasteiger partial charge in [-0.25, -0.2) is 9.97 Å². The van der Waals surface area contributed by atoms with Gasteiger partial charge >= 0.3 is 5.69 Å². The Balaban J connectivity index is 2.10. The Hall–Kier alpha value is -2.62. The van der Waals surface area contributed by atoms with Crippen molar-refractivity contribution in [1.29, 1.82) is 0 Å². The largest absolute Gasteiger partial charge is 0.481 e. The first-order valence-electron chi connectivity index (χ1n) is 7.75. The third-order valence-electron chi connectivity index (χ3n) is 3.87. The van der Waals surface area contributed by atoms with Gasteiger partial charge in [-0.3, -0.25) is 10.1 Å². The van der Waals surface area contributed by atoms with E-state index in [1.54, 1.807) is 12.1 Å². The molecule has 1 saturated heterocycles. The molecule has 3 heterocycles. The highest BCUT2D eigenvalue weighted by Gasteiger charge is 2.29. The molecule has 1 aliphatic heterocycles. The van der Waals surface area contributed by atoms with Gasteiger partial charge in [-0.1, -0.05) is 0 Å². The molecule has 3 N–H and O–H groups in total. The predicted octanol–water partition coefficient (Wildman–Crippen LogP) is 2.35. The van der Waals surface area contributed by atoms with E-state index in [1.807, 2.05) is 11.8 Å². The molecular formula is C15H18N6O3S. The van der Waals surface area contributed by atoms with Crippen LogP contribution in [0.3, 0.4) is 0 Å². The number of anilines is 2. The predicted molar refractivity (Wildman–Crippen MR) is 96.9 cm³/mol. The monoisotopic (exact) mass is 362 g/mol. The van der Waals surface area contributed by atoms with Crippen LogP contribution >= 0.6 is 11.8 Å². The van der Waals surface area contributed by atoms with Crippen molar-refractivity contribution in [2.75, 3.05) is 29.7 Å². The molecule has 0 unspecified atom stereocenters. The first-order chi connectivity index (χ1) is 12.1.